The van der Waals surface area contributed by atoms with Crippen LogP contribution < -0.4 is 15.8 Å². The highest BCUT2D eigenvalue weighted by molar-refractivity contribution is 7.91. The fourth-order valence-corrected chi connectivity index (χ4v) is 6.34. The molecule has 0 unspecified atom stereocenters. The molecule has 0 saturated heterocycles. The van der Waals surface area contributed by atoms with E-state index >= 15 is 0 Å². The third-order valence-corrected chi connectivity index (χ3v) is 8.99. The van der Waals surface area contributed by atoms with E-state index in [0.29, 0.717) is 23.9 Å². The van der Waals surface area contributed by atoms with Crippen LogP contribution in [0, 0.1) is 0 Å². The van der Waals surface area contributed by atoms with Crippen LogP contribution in [0.25, 0.3) is 16.7 Å². The minimum absolute atomic E-state index is 0.0299. The second-order valence-corrected chi connectivity index (χ2v) is 13.0. The van der Waals surface area contributed by atoms with Crippen LogP contribution in [0.4, 0.5) is 4.79 Å². The number of fused-ring (bicyclic) bond motifs is 1. The predicted octanol–water partition coefficient (Wildman–Crippen LogP) is 3.33. The quantitative estimate of drug-likeness (QED) is 0.270. The second kappa shape index (κ2) is 11.3. The Morgan fingerprint density at radius 2 is 1.64 bits per heavy atom. The number of imidazole rings is 1. The molecule has 4 N–H and O–H groups in total. The summed E-state index contributed by atoms with van der Waals surface area (Å²) in [5.41, 5.74) is 9.26. The molecule has 4 rings (SSSR count). The normalized spacial score (nSPS) is 12.0. The maximum absolute atomic E-state index is 12.4. The van der Waals surface area contributed by atoms with Crippen molar-refractivity contribution >= 4 is 48.5 Å². The van der Waals surface area contributed by atoms with Gasteiger partial charge in [-0.25, -0.2) is 31.3 Å². The maximum Gasteiger partial charge on any atom is 0.328 e. The van der Waals surface area contributed by atoms with Gasteiger partial charge in [0.1, 0.15) is 5.82 Å². The summed E-state index contributed by atoms with van der Waals surface area (Å²) < 4.78 is 52.9. The van der Waals surface area contributed by atoms with Gasteiger partial charge in [0.25, 0.3) is 10.0 Å². The average Bonchev–Trinajstić information content (AvgIpc) is 3.25. The molecule has 2 amide bonds. The van der Waals surface area contributed by atoms with Crippen molar-refractivity contribution in [2.24, 2.45) is 5.73 Å². The molecular formula is C26H28ClN5O5S2. The van der Waals surface area contributed by atoms with Crippen molar-refractivity contribution in [2.45, 2.75) is 36.1 Å². The number of nitrogens with two attached hydrogens (primary N) is 1. The average molecular weight is 590 g/mol. The number of carbonyl (C=O) groups is 1. The highest BCUT2D eigenvalue weighted by atomic mass is 35.5. The van der Waals surface area contributed by atoms with Gasteiger partial charge in [-0.15, -0.1) is 0 Å². The highest BCUT2D eigenvalue weighted by Crippen LogP contribution is 2.30. The van der Waals surface area contributed by atoms with Gasteiger partial charge in [0.05, 0.1) is 25.8 Å². The number of sulfonamides is 1. The van der Waals surface area contributed by atoms with Crippen molar-refractivity contribution < 1.29 is 21.6 Å². The van der Waals surface area contributed by atoms with Crippen molar-refractivity contribution in [3.8, 4) is 5.69 Å². The van der Waals surface area contributed by atoms with Crippen molar-refractivity contribution in [1.82, 2.24) is 19.6 Å². The summed E-state index contributed by atoms with van der Waals surface area (Å²) in [6.07, 6.45) is 2.18. The molecule has 0 atom stereocenters. The number of benzene rings is 3. The molecular weight excluding hydrogens is 562 g/mol. The van der Waals surface area contributed by atoms with Gasteiger partial charge in [0, 0.05) is 31.5 Å². The van der Waals surface area contributed by atoms with Crippen molar-refractivity contribution in [3.05, 3.63) is 82.6 Å². The van der Waals surface area contributed by atoms with Gasteiger partial charge in [0.15, 0.2) is 9.84 Å². The molecule has 1 heterocycles. The Hall–Kier alpha value is -3.45. The van der Waals surface area contributed by atoms with Gasteiger partial charge >= 0.3 is 6.03 Å². The number of aromatic nitrogens is 2. The van der Waals surface area contributed by atoms with Crippen LogP contribution in [-0.2, 0) is 39.2 Å². The van der Waals surface area contributed by atoms with Crippen molar-refractivity contribution in [3.63, 3.8) is 0 Å². The van der Waals surface area contributed by atoms with Crippen LogP contribution in [0.15, 0.2) is 70.5 Å². The smallest absolute Gasteiger partial charge is 0.328 e. The first-order valence-corrected chi connectivity index (χ1v) is 15.8. The van der Waals surface area contributed by atoms with Gasteiger partial charge in [-0.2, -0.15) is 0 Å². The Kier molecular flexibility index (Phi) is 8.31. The van der Waals surface area contributed by atoms with Gasteiger partial charge in [-0.1, -0.05) is 42.8 Å². The molecule has 0 fully saturated rings. The molecule has 13 heteroatoms. The molecule has 3 aromatic carbocycles. The lowest BCUT2D eigenvalue weighted by Crippen LogP contribution is -2.40. The zero-order valence-corrected chi connectivity index (χ0v) is 23.7. The van der Waals surface area contributed by atoms with Gasteiger partial charge in [0.2, 0.25) is 0 Å². The Morgan fingerprint density at radius 1 is 1.00 bits per heavy atom. The summed E-state index contributed by atoms with van der Waals surface area (Å²) in [5, 5.41) is 2.69. The number of carbonyl (C=O) groups excluding carboxylic acids is 1. The number of amides is 2. The number of sulfone groups is 1. The minimum Gasteiger partial charge on any atom is -0.337 e. The van der Waals surface area contributed by atoms with Crippen LogP contribution in [-0.4, -0.2) is 45.2 Å². The van der Waals surface area contributed by atoms with Crippen LogP contribution in [0.5, 0.6) is 0 Å². The van der Waals surface area contributed by atoms with Gasteiger partial charge in [-0.05, 0) is 53.9 Å². The lowest BCUT2D eigenvalue weighted by molar-refractivity contribution is 0.246. The Bertz CT molecular complexity index is 1730. The summed E-state index contributed by atoms with van der Waals surface area (Å²) >= 11 is 6.29. The fraction of sp³-hybridized carbons (Fsp3) is 0.231. The van der Waals surface area contributed by atoms with Crippen LogP contribution in [0.2, 0.25) is 5.02 Å². The molecule has 39 heavy (non-hydrogen) atoms. The number of rotatable bonds is 9. The monoisotopic (exact) mass is 589 g/mol. The number of hydrogen-bond donors (Lipinski definition) is 3. The van der Waals surface area contributed by atoms with E-state index in [4.69, 9.17) is 17.3 Å². The Labute approximate surface area is 232 Å². The van der Waals surface area contributed by atoms with Gasteiger partial charge in [-0.3, -0.25) is 4.57 Å². The zero-order chi connectivity index (χ0) is 28.4. The van der Waals surface area contributed by atoms with Crippen molar-refractivity contribution in [2.75, 3.05) is 12.8 Å². The number of aryl methyl sites for hydroxylation is 1. The zero-order valence-electron chi connectivity index (χ0n) is 21.3. The summed E-state index contributed by atoms with van der Waals surface area (Å²) in [6, 6.07) is 15.8. The number of nitrogens with one attached hydrogen (secondary N) is 2. The SMILES string of the molecule is CCc1nc2cc(S(C)(=O)=O)c(Cl)cc2n1-c1ccc(CCNC(=O)NS(=O)(=O)c2ccc(CN)cc2)cc1. The standard InChI is InChI=1S/C26H28ClN5O5S2/c1-3-25-30-22-15-24(38(2,34)35)21(27)14-23(22)32(25)19-8-4-17(5-9-19)12-13-29-26(33)31-39(36,37)20-10-6-18(16-28)7-11-20/h4-11,14-15H,3,12-13,16,28H2,1-2H3,(H2,29,31,33). The molecule has 10 nitrogen and oxygen atoms in total. The van der Waals surface area contributed by atoms with E-state index in [9.17, 15) is 21.6 Å². The third-order valence-electron chi connectivity index (χ3n) is 6.08. The van der Waals surface area contributed by atoms with E-state index in [-0.39, 0.29) is 27.9 Å². The topological polar surface area (TPSA) is 153 Å². The molecule has 0 spiro atoms. The summed E-state index contributed by atoms with van der Waals surface area (Å²) in [4.78, 5) is 16.8. The molecule has 0 aliphatic heterocycles. The number of hydrogen-bond acceptors (Lipinski definition) is 7. The van der Waals surface area contributed by atoms with E-state index in [0.717, 1.165) is 28.9 Å². The Morgan fingerprint density at radius 3 is 2.23 bits per heavy atom. The molecule has 0 aliphatic carbocycles. The maximum atomic E-state index is 12.4. The molecule has 0 saturated carbocycles. The van der Waals surface area contributed by atoms with E-state index in [1.807, 2.05) is 40.5 Å². The van der Waals surface area contributed by atoms with E-state index in [1.54, 1.807) is 18.2 Å². The first-order chi connectivity index (χ1) is 18.4. The molecule has 0 aliphatic rings. The molecule has 0 bridgehead atoms. The highest BCUT2D eigenvalue weighted by Gasteiger charge is 2.19. The van der Waals surface area contributed by atoms with E-state index < -0.39 is 25.9 Å². The van der Waals surface area contributed by atoms with Crippen LogP contribution in [0.1, 0.15) is 23.9 Å². The van der Waals surface area contributed by atoms with E-state index in [2.05, 4.69) is 10.3 Å². The number of halogens is 1. The molecule has 206 valence electrons. The summed E-state index contributed by atoms with van der Waals surface area (Å²) in [5.74, 6) is 0.747. The summed E-state index contributed by atoms with van der Waals surface area (Å²) in [6.45, 7) is 2.46. The van der Waals surface area contributed by atoms with Crippen LogP contribution in [0.3, 0.4) is 0 Å². The molecule has 1 aromatic heterocycles. The minimum atomic E-state index is -4.00. The molecule has 0 radical (unpaired) electrons. The van der Waals surface area contributed by atoms with Gasteiger partial charge < -0.3 is 11.1 Å². The Balaban J connectivity index is 1.43. The lowest BCUT2D eigenvalue weighted by atomic mass is 10.1. The van der Waals surface area contributed by atoms with E-state index in [1.165, 1.54) is 18.2 Å². The first-order valence-electron chi connectivity index (χ1n) is 12.0. The predicted molar refractivity (Wildman–Crippen MR) is 150 cm³/mol. The number of urea groups is 1. The largest absolute Gasteiger partial charge is 0.337 e. The molecule has 4 aromatic rings. The summed E-state index contributed by atoms with van der Waals surface area (Å²) in [7, 11) is -7.50. The fourth-order valence-electron chi connectivity index (χ4n) is 4.09. The lowest BCUT2D eigenvalue weighted by Gasteiger charge is -2.11. The first kappa shape index (κ1) is 28.6. The second-order valence-electron chi connectivity index (χ2n) is 8.89. The number of nitrogens with zero attached hydrogens (tertiary/aromatic N) is 2. The van der Waals surface area contributed by atoms with Crippen molar-refractivity contribution in [1.29, 1.82) is 0 Å². The van der Waals surface area contributed by atoms with Crippen LogP contribution >= 0.6 is 11.6 Å². The third kappa shape index (κ3) is 6.41.